The molecule has 0 radical (unpaired) electrons. The molecule has 3 aromatic carbocycles. The van der Waals surface area contributed by atoms with Gasteiger partial charge in [0.2, 0.25) is 0 Å². The largest absolute Gasteiger partial charge is 0.441 e. The monoisotopic (exact) mass is 639 g/mol. The molecule has 0 amide bonds. The van der Waals surface area contributed by atoms with Gasteiger partial charge in [-0.25, -0.2) is 4.79 Å². The van der Waals surface area contributed by atoms with Crippen LogP contribution in [0.5, 0.6) is 0 Å². The second-order valence-corrected chi connectivity index (χ2v) is 13.6. The van der Waals surface area contributed by atoms with Gasteiger partial charge in [-0.15, -0.1) is 0 Å². The van der Waals surface area contributed by atoms with Gasteiger partial charge in [0, 0.05) is 86.1 Å². The Labute approximate surface area is 284 Å². The minimum Gasteiger partial charge on any atom is -0.441 e. The Morgan fingerprint density at radius 3 is 1.42 bits per heavy atom. The normalized spacial score (nSPS) is 14.5. The first-order valence-corrected chi connectivity index (χ1v) is 18.1. The van der Waals surface area contributed by atoms with Gasteiger partial charge in [0.15, 0.2) is 5.60 Å². The van der Waals surface area contributed by atoms with E-state index in [-0.39, 0.29) is 5.97 Å². The first kappa shape index (κ1) is 32.1. The quantitative estimate of drug-likeness (QED) is 0.125. The van der Waals surface area contributed by atoms with Crippen molar-refractivity contribution in [1.82, 2.24) is 13.7 Å². The summed E-state index contributed by atoms with van der Waals surface area (Å²) in [5.74, 6) is -0.258. The van der Waals surface area contributed by atoms with Crippen LogP contribution in [-0.4, -0.2) is 19.7 Å². The number of para-hydroxylation sites is 3. The van der Waals surface area contributed by atoms with Gasteiger partial charge in [0.1, 0.15) is 0 Å². The number of fused-ring (bicyclic) bond motifs is 3. The molecule has 7 rings (SSSR count). The van der Waals surface area contributed by atoms with E-state index in [4.69, 9.17) is 4.74 Å². The van der Waals surface area contributed by atoms with E-state index in [0.717, 1.165) is 108 Å². The lowest BCUT2D eigenvalue weighted by Gasteiger charge is -2.29. The van der Waals surface area contributed by atoms with Crippen molar-refractivity contribution in [2.45, 2.75) is 105 Å². The average molecular weight is 640 g/mol. The van der Waals surface area contributed by atoms with Crippen LogP contribution in [-0.2, 0) is 34.8 Å². The number of hydrogen-bond acceptors (Lipinski definition) is 2. The standard InChI is InChI=1S/C43H49N3O2/c1-7-10-25-44-29(4)39(32-19-13-16-22-36(32)44)35-28-43(48-42(35)47,40-30(5)45(26-11-8-2)37-23-17-14-20-33(37)40)41-31(6)46(27-12-9-3)38-24-18-15-21-34(38)41/h13-24,28H,7-12,25-27H2,1-6H3. The number of carbonyl (C=O) groups is 1. The average Bonchev–Trinajstić information content (AvgIpc) is 3.77. The van der Waals surface area contributed by atoms with Crippen LogP contribution >= 0.6 is 0 Å². The van der Waals surface area contributed by atoms with Crippen molar-refractivity contribution in [3.05, 3.63) is 113 Å². The third-order valence-corrected chi connectivity index (χ3v) is 10.7. The van der Waals surface area contributed by atoms with Gasteiger partial charge >= 0.3 is 5.97 Å². The molecule has 0 spiro atoms. The molecule has 5 nitrogen and oxygen atoms in total. The maximum Gasteiger partial charge on any atom is 0.340 e. The van der Waals surface area contributed by atoms with Crippen LogP contribution in [0.15, 0.2) is 78.9 Å². The lowest BCUT2D eigenvalue weighted by atomic mass is 9.81. The number of nitrogens with zero attached hydrogens (tertiary/aromatic N) is 3. The number of benzene rings is 3. The molecular formula is C43H49N3O2. The Morgan fingerprint density at radius 2 is 0.958 bits per heavy atom. The number of carbonyl (C=O) groups excluding carboxylic acids is 1. The fraction of sp³-hybridized carbons (Fsp3) is 0.372. The van der Waals surface area contributed by atoms with Crippen molar-refractivity contribution in [2.75, 3.05) is 0 Å². The molecule has 48 heavy (non-hydrogen) atoms. The molecule has 5 heteroatoms. The highest BCUT2D eigenvalue weighted by molar-refractivity contribution is 6.23. The van der Waals surface area contributed by atoms with Gasteiger partial charge < -0.3 is 18.4 Å². The van der Waals surface area contributed by atoms with Crippen LogP contribution in [0.25, 0.3) is 38.3 Å². The Kier molecular flexibility index (Phi) is 8.57. The van der Waals surface area contributed by atoms with E-state index in [9.17, 15) is 4.79 Å². The SMILES string of the molecule is CCCCn1c(C)c(C2=CC(c3c(C)n(CCCC)c4ccccc34)(c3c(C)n(CCCC)c4ccccc34)OC2=O)c2ccccc21. The Morgan fingerprint density at radius 1 is 0.562 bits per heavy atom. The summed E-state index contributed by atoms with van der Waals surface area (Å²) in [6.45, 7) is 16.1. The summed E-state index contributed by atoms with van der Waals surface area (Å²) in [4.78, 5) is 14.7. The lowest BCUT2D eigenvalue weighted by molar-refractivity contribution is -0.142. The highest BCUT2D eigenvalue weighted by Gasteiger charge is 2.50. The van der Waals surface area contributed by atoms with Crippen molar-refractivity contribution in [1.29, 1.82) is 0 Å². The molecule has 248 valence electrons. The summed E-state index contributed by atoms with van der Waals surface area (Å²) >= 11 is 0. The van der Waals surface area contributed by atoms with E-state index in [2.05, 4.69) is 134 Å². The highest BCUT2D eigenvalue weighted by Crippen LogP contribution is 2.52. The molecule has 4 heterocycles. The van der Waals surface area contributed by atoms with E-state index in [0.29, 0.717) is 5.57 Å². The maximum atomic E-state index is 14.7. The molecule has 1 aliphatic heterocycles. The smallest absolute Gasteiger partial charge is 0.340 e. The van der Waals surface area contributed by atoms with E-state index in [1.165, 1.54) is 16.6 Å². The van der Waals surface area contributed by atoms with Crippen LogP contribution in [0.4, 0.5) is 0 Å². The number of esters is 1. The van der Waals surface area contributed by atoms with Gasteiger partial charge in [-0.2, -0.15) is 0 Å². The number of unbranched alkanes of at least 4 members (excludes halogenated alkanes) is 3. The Bertz CT molecular complexity index is 2090. The van der Waals surface area contributed by atoms with Crippen molar-refractivity contribution in [2.24, 2.45) is 0 Å². The molecular weight excluding hydrogens is 590 g/mol. The lowest BCUT2D eigenvalue weighted by Crippen LogP contribution is -2.29. The first-order chi connectivity index (χ1) is 23.4. The number of aromatic nitrogens is 3. The van der Waals surface area contributed by atoms with Crippen molar-refractivity contribution >= 4 is 44.3 Å². The first-order valence-electron chi connectivity index (χ1n) is 18.1. The summed E-state index contributed by atoms with van der Waals surface area (Å²) in [5, 5.41) is 3.39. The predicted octanol–water partition coefficient (Wildman–Crippen LogP) is 10.8. The number of aryl methyl sites for hydroxylation is 3. The van der Waals surface area contributed by atoms with Crippen molar-refractivity contribution < 1.29 is 9.53 Å². The van der Waals surface area contributed by atoms with Crippen molar-refractivity contribution in [3.63, 3.8) is 0 Å². The summed E-state index contributed by atoms with van der Waals surface area (Å²) in [7, 11) is 0. The predicted molar refractivity (Wildman–Crippen MR) is 200 cm³/mol. The van der Waals surface area contributed by atoms with Crippen LogP contribution in [0.3, 0.4) is 0 Å². The van der Waals surface area contributed by atoms with Gasteiger partial charge in [0.25, 0.3) is 0 Å². The molecule has 0 aliphatic carbocycles. The van der Waals surface area contributed by atoms with Gasteiger partial charge in [-0.3, -0.25) is 0 Å². The third-order valence-electron chi connectivity index (χ3n) is 10.7. The number of cyclic esters (lactones) is 1. The third kappa shape index (κ3) is 4.84. The minimum absolute atomic E-state index is 0.258. The molecule has 0 unspecified atom stereocenters. The zero-order valence-electron chi connectivity index (χ0n) is 29.5. The van der Waals surface area contributed by atoms with E-state index < -0.39 is 5.60 Å². The van der Waals surface area contributed by atoms with Gasteiger partial charge in [-0.1, -0.05) is 94.6 Å². The molecule has 0 saturated carbocycles. The molecule has 6 aromatic rings. The molecule has 0 atom stereocenters. The summed E-state index contributed by atoms with van der Waals surface area (Å²) < 4.78 is 14.3. The van der Waals surface area contributed by atoms with Crippen LogP contribution in [0, 0.1) is 20.8 Å². The fourth-order valence-corrected chi connectivity index (χ4v) is 8.42. The van der Waals surface area contributed by atoms with E-state index in [1.54, 1.807) is 0 Å². The maximum absolute atomic E-state index is 14.7. The molecule has 0 N–H and O–H groups in total. The minimum atomic E-state index is -1.10. The summed E-state index contributed by atoms with van der Waals surface area (Å²) in [5.41, 5.74) is 9.68. The van der Waals surface area contributed by atoms with E-state index >= 15 is 0 Å². The molecule has 1 aliphatic rings. The number of hydrogen-bond donors (Lipinski definition) is 0. The van der Waals surface area contributed by atoms with Gasteiger partial charge in [-0.05, 0) is 64.3 Å². The molecule has 0 bridgehead atoms. The molecule has 0 fully saturated rings. The Balaban J connectivity index is 1.59. The second-order valence-electron chi connectivity index (χ2n) is 13.6. The summed E-state index contributed by atoms with van der Waals surface area (Å²) in [6.07, 6.45) is 8.77. The Hall–Kier alpha value is -4.51. The zero-order chi connectivity index (χ0) is 33.6. The topological polar surface area (TPSA) is 41.1 Å². The van der Waals surface area contributed by atoms with Crippen molar-refractivity contribution in [3.8, 4) is 0 Å². The number of rotatable bonds is 12. The van der Waals surface area contributed by atoms with Gasteiger partial charge in [0.05, 0.1) is 5.57 Å². The van der Waals surface area contributed by atoms with Crippen LogP contribution in [0.2, 0.25) is 0 Å². The van der Waals surface area contributed by atoms with E-state index in [1.807, 2.05) is 0 Å². The zero-order valence-corrected chi connectivity index (χ0v) is 29.5. The molecule has 0 saturated heterocycles. The summed E-state index contributed by atoms with van der Waals surface area (Å²) in [6, 6.07) is 25.9. The fourth-order valence-electron chi connectivity index (χ4n) is 8.42. The number of ether oxygens (including phenoxy) is 1. The highest BCUT2D eigenvalue weighted by atomic mass is 16.6. The molecule has 3 aromatic heterocycles. The van der Waals surface area contributed by atoms with Crippen LogP contribution < -0.4 is 0 Å². The second kappa shape index (κ2) is 12.8. The van der Waals surface area contributed by atoms with Crippen LogP contribution in [0.1, 0.15) is 93.1 Å².